The molecule has 12 rings (SSSR count). The Kier molecular flexibility index (Phi) is 1.21. The van der Waals surface area contributed by atoms with Crippen molar-refractivity contribution in [2.24, 2.45) is 93.7 Å². The first kappa shape index (κ1) is 11.5. The first-order valence-corrected chi connectivity index (χ1v) is 10.6. The maximum absolute atomic E-state index is 8.17. The van der Waals surface area contributed by atoms with Gasteiger partial charge in [0.25, 0.3) is 0 Å². The molecule has 128 valence electrons. The van der Waals surface area contributed by atoms with E-state index in [-0.39, 0.29) is 0 Å². The standard InChI is InChI=1S/C20H23N5/c21-17(23-1-19-11-5-3-6(11)13(19)7(3)12(5)19)25-18(22)24-2-20-14-8-4-9(14)16(20)10(4)15(8)20/h3-16H,1-2H2,(H5,21,22,23,24,25)/t3?,4?,5-,6+,7?,8-,9+,10?,11-,12?,13?,14-,15?,16?,19?,20?. The van der Waals surface area contributed by atoms with Gasteiger partial charge in [-0.2, -0.15) is 0 Å². The van der Waals surface area contributed by atoms with Gasteiger partial charge in [0.1, 0.15) is 0 Å². The van der Waals surface area contributed by atoms with Gasteiger partial charge in [0.15, 0.2) is 11.9 Å². The van der Waals surface area contributed by atoms with E-state index in [1.807, 2.05) is 0 Å². The highest BCUT2D eigenvalue weighted by Gasteiger charge is 3.04. The fourth-order valence-electron chi connectivity index (χ4n) is 12.7. The van der Waals surface area contributed by atoms with E-state index in [9.17, 15) is 0 Å². The summed E-state index contributed by atoms with van der Waals surface area (Å²) in [5.74, 6) is 15.9. The Morgan fingerprint density at radius 3 is 1.20 bits per heavy atom. The zero-order chi connectivity index (χ0) is 15.8. The first-order chi connectivity index (χ1) is 12.2. The average Bonchev–Trinajstić information content (AvgIpc) is 2.65. The van der Waals surface area contributed by atoms with E-state index in [4.69, 9.17) is 10.8 Å². The summed E-state index contributed by atoms with van der Waals surface area (Å²) in [4.78, 5) is 0. The van der Waals surface area contributed by atoms with Crippen molar-refractivity contribution in [3.63, 3.8) is 0 Å². The highest BCUT2D eigenvalue weighted by atomic mass is 15.3. The van der Waals surface area contributed by atoms with Crippen LogP contribution in [0.5, 0.6) is 0 Å². The third kappa shape index (κ3) is 0.649. The van der Waals surface area contributed by atoms with Gasteiger partial charge < -0.3 is 10.6 Å². The van der Waals surface area contributed by atoms with Crippen LogP contribution in [-0.2, 0) is 0 Å². The lowest BCUT2D eigenvalue weighted by molar-refractivity contribution is -0.612. The van der Waals surface area contributed by atoms with Crippen molar-refractivity contribution in [3.8, 4) is 0 Å². The molecule has 0 aromatic carbocycles. The number of hydrogen-bond donors (Lipinski definition) is 5. The summed E-state index contributed by atoms with van der Waals surface area (Å²) >= 11 is 0. The van der Waals surface area contributed by atoms with Crippen molar-refractivity contribution in [3.05, 3.63) is 0 Å². The molecular formula is C20H23N5. The Bertz CT molecular complexity index is 704. The molecule has 0 spiro atoms. The molecule has 5 heteroatoms. The minimum Gasteiger partial charge on any atom is -0.356 e. The fraction of sp³-hybridized carbons (Fsp3) is 0.900. The Morgan fingerprint density at radius 2 is 0.880 bits per heavy atom. The van der Waals surface area contributed by atoms with Crippen LogP contribution < -0.4 is 16.0 Å². The summed E-state index contributed by atoms with van der Waals surface area (Å²) < 4.78 is 0. The molecule has 25 heavy (non-hydrogen) atoms. The van der Waals surface area contributed by atoms with Crippen molar-refractivity contribution in [1.29, 1.82) is 10.8 Å². The minimum atomic E-state index is 0.334. The Morgan fingerprint density at radius 1 is 0.560 bits per heavy atom. The first-order valence-electron chi connectivity index (χ1n) is 10.6. The predicted molar refractivity (Wildman–Crippen MR) is 88.3 cm³/mol. The maximum Gasteiger partial charge on any atom is 0.195 e. The molecule has 12 aliphatic rings. The van der Waals surface area contributed by atoms with Crippen LogP contribution in [0.15, 0.2) is 0 Å². The summed E-state index contributed by atoms with van der Waals surface area (Å²) in [5, 5.41) is 26.0. The van der Waals surface area contributed by atoms with E-state index >= 15 is 0 Å². The van der Waals surface area contributed by atoms with Crippen LogP contribution in [0.2, 0.25) is 0 Å². The van der Waals surface area contributed by atoms with Gasteiger partial charge >= 0.3 is 0 Å². The molecule has 0 radical (unpaired) electrons. The van der Waals surface area contributed by atoms with Gasteiger partial charge in [0.05, 0.1) is 0 Å². The lowest BCUT2D eigenvalue weighted by atomic mass is 8.96. The second-order valence-corrected chi connectivity index (χ2v) is 11.6. The van der Waals surface area contributed by atoms with Crippen LogP contribution in [0.25, 0.3) is 0 Å². The molecule has 0 saturated heterocycles. The number of nitrogens with one attached hydrogen (secondary N) is 5. The molecule has 0 aromatic heterocycles. The number of hydrogen-bond acceptors (Lipinski definition) is 2. The summed E-state index contributed by atoms with van der Waals surface area (Å²) in [7, 11) is 0. The SMILES string of the molecule is N=C(NCC12C3C4C1[C@H]1C4[C@@H]3[C@H]12)NC(=N)NCC12C3C4C1[C@H]1C4[C@@H]3[C@H]12. The molecule has 12 saturated carbocycles. The van der Waals surface area contributed by atoms with E-state index in [0.717, 1.165) is 95.9 Å². The second-order valence-electron chi connectivity index (χ2n) is 11.6. The van der Waals surface area contributed by atoms with Crippen molar-refractivity contribution in [1.82, 2.24) is 16.0 Å². The van der Waals surface area contributed by atoms with Gasteiger partial charge in [-0.25, -0.2) is 0 Å². The molecule has 0 aliphatic heterocycles. The van der Waals surface area contributed by atoms with E-state index in [1.165, 1.54) is 0 Å². The largest absolute Gasteiger partial charge is 0.356 e. The van der Waals surface area contributed by atoms with Crippen LogP contribution in [0.4, 0.5) is 0 Å². The molecule has 5 nitrogen and oxygen atoms in total. The van der Waals surface area contributed by atoms with Crippen molar-refractivity contribution >= 4 is 11.9 Å². The summed E-state index contributed by atoms with van der Waals surface area (Å²) in [6, 6.07) is 0. The molecule has 12 fully saturated rings. The number of rotatable bonds is 4. The fourth-order valence-corrected chi connectivity index (χ4v) is 12.7. The molecule has 0 atom stereocenters. The van der Waals surface area contributed by atoms with E-state index in [2.05, 4.69) is 16.0 Å². The van der Waals surface area contributed by atoms with E-state index in [1.54, 1.807) is 0 Å². The zero-order valence-electron chi connectivity index (χ0n) is 14.0. The second kappa shape index (κ2) is 2.65. The zero-order valence-corrected chi connectivity index (χ0v) is 14.0. The van der Waals surface area contributed by atoms with E-state index in [0.29, 0.717) is 22.7 Å². The lowest BCUT2D eigenvalue weighted by Gasteiger charge is -3.08. The van der Waals surface area contributed by atoms with E-state index < -0.39 is 0 Å². The lowest BCUT2D eigenvalue weighted by Crippen LogP contribution is -3.06. The summed E-state index contributed by atoms with van der Waals surface area (Å²) in [6.07, 6.45) is 0. The highest BCUT2D eigenvalue weighted by molar-refractivity contribution is 5.95. The van der Waals surface area contributed by atoms with Crippen molar-refractivity contribution in [2.75, 3.05) is 13.1 Å². The van der Waals surface area contributed by atoms with Crippen LogP contribution in [0, 0.1) is 104 Å². The van der Waals surface area contributed by atoms with Crippen LogP contribution >= 0.6 is 0 Å². The smallest absolute Gasteiger partial charge is 0.195 e. The Balaban J connectivity index is 0.777. The molecule has 0 amide bonds. The highest BCUT2D eigenvalue weighted by Crippen LogP contribution is 3.06. The topological polar surface area (TPSA) is 83.8 Å². The van der Waals surface area contributed by atoms with Gasteiger partial charge in [0, 0.05) is 13.1 Å². The predicted octanol–water partition coefficient (Wildman–Crippen LogP) is 0.360. The monoisotopic (exact) mass is 333 g/mol. The summed E-state index contributed by atoms with van der Waals surface area (Å²) in [6.45, 7) is 1.98. The minimum absolute atomic E-state index is 0.334. The quantitative estimate of drug-likeness (QED) is 0.380. The van der Waals surface area contributed by atoms with Crippen LogP contribution in [-0.4, -0.2) is 25.0 Å². The molecule has 0 aromatic rings. The van der Waals surface area contributed by atoms with Crippen molar-refractivity contribution < 1.29 is 0 Å². The molecule has 12 aliphatic carbocycles. The number of guanidine groups is 2. The third-order valence-corrected chi connectivity index (χ3v) is 12.8. The van der Waals surface area contributed by atoms with Gasteiger partial charge in [-0.15, -0.1) is 0 Å². The van der Waals surface area contributed by atoms with Gasteiger partial charge in [-0.1, -0.05) is 0 Å². The van der Waals surface area contributed by atoms with Crippen LogP contribution in [0.1, 0.15) is 0 Å². The van der Waals surface area contributed by atoms with Gasteiger partial charge in [0.2, 0.25) is 0 Å². The van der Waals surface area contributed by atoms with Crippen LogP contribution in [0.3, 0.4) is 0 Å². The molecule has 0 bridgehead atoms. The normalized spacial score (nSPS) is 79.4. The van der Waals surface area contributed by atoms with Crippen molar-refractivity contribution in [2.45, 2.75) is 0 Å². The van der Waals surface area contributed by atoms with Gasteiger partial charge in [-0.05, 0) is 93.7 Å². The summed E-state index contributed by atoms with van der Waals surface area (Å²) in [5.41, 5.74) is 1.21. The molecular weight excluding hydrogens is 310 g/mol. The Hall–Kier alpha value is -1.26. The van der Waals surface area contributed by atoms with Gasteiger partial charge in [-0.3, -0.25) is 16.1 Å². The molecule has 0 heterocycles. The molecule has 5 N–H and O–H groups in total. The maximum atomic E-state index is 8.17. The third-order valence-electron chi connectivity index (χ3n) is 12.8. The average molecular weight is 333 g/mol. The Labute approximate surface area is 146 Å². The molecule has 0 unspecified atom stereocenters.